The van der Waals surface area contributed by atoms with Gasteiger partial charge in [0.05, 0.1) is 31.1 Å². The van der Waals surface area contributed by atoms with Crippen molar-refractivity contribution in [2.24, 2.45) is 5.41 Å². The quantitative estimate of drug-likeness (QED) is 0.859. The fraction of sp³-hybridized carbons (Fsp3) is 0.875. The number of rotatable bonds is 5. The van der Waals surface area contributed by atoms with Crippen LogP contribution in [0.25, 0.3) is 0 Å². The Bertz CT molecular complexity index is 467. The molecule has 6 heteroatoms. The van der Waals surface area contributed by atoms with Gasteiger partial charge in [0.25, 0.3) is 0 Å². The number of aliphatic hydroxyl groups is 1. The molecule has 1 saturated carbocycles. The first-order valence-corrected chi connectivity index (χ1v) is 8.36. The third-order valence-electron chi connectivity index (χ3n) is 5.13. The van der Waals surface area contributed by atoms with Crippen molar-refractivity contribution in [1.29, 1.82) is 0 Å². The SMILES string of the molecule is CC1(C)CC2(CCC(NCC(O)Cn3ccnn3)CC2)CO1. The second kappa shape index (κ2) is 6.26. The van der Waals surface area contributed by atoms with Crippen LogP contribution in [0.3, 0.4) is 0 Å². The standard InChI is InChI=1S/C16H28N4O2/c1-15(2)11-16(12-22-15)5-3-13(4-6-16)17-9-14(21)10-20-8-7-18-19-20/h7-8,13-14,17,21H,3-6,9-12H2,1-2H3. The molecular weight excluding hydrogens is 280 g/mol. The van der Waals surface area contributed by atoms with Crippen LogP contribution in [0.1, 0.15) is 46.0 Å². The summed E-state index contributed by atoms with van der Waals surface area (Å²) in [6.45, 7) is 6.42. The molecule has 1 atom stereocenters. The van der Waals surface area contributed by atoms with Crippen LogP contribution < -0.4 is 5.32 Å². The first-order valence-electron chi connectivity index (χ1n) is 8.36. The molecule has 1 aliphatic heterocycles. The average molecular weight is 308 g/mol. The fourth-order valence-corrected chi connectivity index (χ4v) is 4.02. The summed E-state index contributed by atoms with van der Waals surface area (Å²) in [5, 5.41) is 21.2. The Kier molecular flexibility index (Phi) is 4.52. The summed E-state index contributed by atoms with van der Waals surface area (Å²) in [7, 11) is 0. The summed E-state index contributed by atoms with van der Waals surface area (Å²) in [6.07, 6.45) is 8.97. The molecule has 1 aromatic heterocycles. The summed E-state index contributed by atoms with van der Waals surface area (Å²) in [6, 6.07) is 0.514. The zero-order chi connectivity index (χ0) is 15.6. The van der Waals surface area contributed by atoms with Gasteiger partial charge in [0.15, 0.2) is 0 Å². The van der Waals surface area contributed by atoms with Crippen LogP contribution in [-0.4, -0.2) is 51.0 Å². The van der Waals surface area contributed by atoms with E-state index in [0.29, 0.717) is 24.5 Å². The van der Waals surface area contributed by atoms with Crippen LogP contribution in [0.5, 0.6) is 0 Å². The van der Waals surface area contributed by atoms with E-state index < -0.39 is 6.10 Å². The van der Waals surface area contributed by atoms with E-state index in [2.05, 4.69) is 29.5 Å². The van der Waals surface area contributed by atoms with Crippen molar-refractivity contribution in [3.05, 3.63) is 12.4 Å². The molecule has 1 aliphatic carbocycles. The van der Waals surface area contributed by atoms with Crippen LogP contribution in [0, 0.1) is 5.41 Å². The van der Waals surface area contributed by atoms with Crippen molar-refractivity contribution in [2.75, 3.05) is 13.2 Å². The third kappa shape index (κ3) is 3.86. The van der Waals surface area contributed by atoms with Crippen molar-refractivity contribution < 1.29 is 9.84 Å². The maximum Gasteiger partial charge on any atom is 0.0860 e. The van der Waals surface area contributed by atoms with E-state index in [0.717, 1.165) is 6.61 Å². The Morgan fingerprint density at radius 3 is 2.77 bits per heavy atom. The van der Waals surface area contributed by atoms with Crippen molar-refractivity contribution in [3.8, 4) is 0 Å². The van der Waals surface area contributed by atoms with Crippen LogP contribution in [0.15, 0.2) is 12.4 Å². The lowest BCUT2D eigenvalue weighted by Crippen LogP contribution is -2.42. The molecule has 0 radical (unpaired) electrons. The number of aliphatic hydroxyl groups excluding tert-OH is 1. The van der Waals surface area contributed by atoms with Gasteiger partial charge in [0.2, 0.25) is 0 Å². The molecule has 22 heavy (non-hydrogen) atoms. The molecule has 1 unspecified atom stereocenters. The minimum Gasteiger partial charge on any atom is -0.390 e. The fourth-order valence-electron chi connectivity index (χ4n) is 4.02. The predicted octanol–water partition coefficient (Wildman–Crippen LogP) is 1.36. The number of hydrogen-bond acceptors (Lipinski definition) is 5. The Morgan fingerprint density at radius 2 is 2.18 bits per heavy atom. The summed E-state index contributed by atoms with van der Waals surface area (Å²) >= 11 is 0. The second-order valence-corrected chi connectivity index (χ2v) is 7.69. The molecule has 0 amide bonds. The van der Waals surface area contributed by atoms with E-state index in [1.165, 1.54) is 32.1 Å². The number of nitrogens with one attached hydrogen (secondary N) is 1. The second-order valence-electron chi connectivity index (χ2n) is 7.69. The number of ether oxygens (including phenoxy) is 1. The largest absolute Gasteiger partial charge is 0.390 e. The average Bonchev–Trinajstić information content (AvgIpc) is 3.07. The zero-order valence-corrected chi connectivity index (χ0v) is 13.7. The van der Waals surface area contributed by atoms with Crippen LogP contribution in [-0.2, 0) is 11.3 Å². The lowest BCUT2D eigenvalue weighted by Gasteiger charge is -2.37. The normalized spacial score (nSPS) is 32.4. The van der Waals surface area contributed by atoms with Gasteiger partial charge in [0, 0.05) is 18.8 Å². The highest BCUT2D eigenvalue weighted by Gasteiger charge is 2.45. The van der Waals surface area contributed by atoms with Crippen molar-refractivity contribution in [2.45, 2.75) is 70.2 Å². The van der Waals surface area contributed by atoms with Gasteiger partial charge in [-0.3, -0.25) is 0 Å². The predicted molar refractivity (Wildman–Crippen MR) is 83.4 cm³/mol. The molecular formula is C16H28N4O2. The molecule has 3 rings (SSSR count). The van der Waals surface area contributed by atoms with E-state index in [4.69, 9.17) is 4.74 Å². The van der Waals surface area contributed by atoms with Crippen LogP contribution in [0.2, 0.25) is 0 Å². The Morgan fingerprint density at radius 1 is 1.41 bits per heavy atom. The summed E-state index contributed by atoms with van der Waals surface area (Å²) < 4.78 is 7.62. The molecule has 6 nitrogen and oxygen atoms in total. The van der Waals surface area contributed by atoms with E-state index in [1.807, 2.05) is 0 Å². The summed E-state index contributed by atoms with van der Waals surface area (Å²) in [4.78, 5) is 0. The van der Waals surface area contributed by atoms with Gasteiger partial charge in [0.1, 0.15) is 0 Å². The van der Waals surface area contributed by atoms with Gasteiger partial charge in [-0.25, -0.2) is 4.68 Å². The number of hydrogen-bond donors (Lipinski definition) is 2. The first-order chi connectivity index (χ1) is 10.5. The minimum absolute atomic E-state index is 0.0499. The molecule has 0 aromatic carbocycles. The van der Waals surface area contributed by atoms with Crippen molar-refractivity contribution >= 4 is 0 Å². The van der Waals surface area contributed by atoms with E-state index in [9.17, 15) is 5.11 Å². The van der Waals surface area contributed by atoms with Gasteiger partial charge in [-0.15, -0.1) is 5.10 Å². The van der Waals surface area contributed by atoms with Gasteiger partial charge in [-0.1, -0.05) is 5.21 Å². The molecule has 1 aromatic rings. The minimum atomic E-state index is -0.425. The van der Waals surface area contributed by atoms with Gasteiger partial charge < -0.3 is 15.2 Å². The Hall–Kier alpha value is -0.980. The monoisotopic (exact) mass is 308 g/mol. The van der Waals surface area contributed by atoms with Gasteiger partial charge in [-0.2, -0.15) is 0 Å². The Balaban J connectivity index is 1.39. The highest BCUT2D eigenvalue weighted by atomic mass is 16.5. The highest BCUT2D eigenvalue weighted by molar-refractivity contribution is 4.96. The lowest BCUT2D eigenvalue weighted by atomic mass is 9.70. The maximum absolute atomic E-state index is 10.1. The topological polar surface area (TPSA) is 72.2 Å². The smallest absolute Gasteiger partial charge is 0.0860 e. The maximum atomic E-state index is 10.1. The van der Waals surface area contributed by atoms with Crippen LogP contribution in [0.4, 0.5) is 0 Å². The van der Waals surface area contributed by atoms with E-state index >= 15 is 0 Å². The van der Waals surface area contributed by atoms with Gasteiger partial charge in [-0.05, 0) is 51.4 Å². The molecule has 1 spiro atoms. The zero-order valence-electron chi connectivity index (χ0n) is 13.7. The summed E-state index contributed by atoms with van der Waals surface area (Å²) in [5.41, 5.74) is 0.454. The summed E-state index contributed by atoms with van der Waals surface area (Å²) in [5.74, 6) is 0. The first kappa shape index (κ1) is 15.9. The molecule has 2 fully saturated rings. The number of aromatic nitrogens is 3. The highest BCUT2D eigenvalue weighted by Crippen LogP contribution is 2.48. The lowest BCUT2D eigenvalue weighted by molar-refractivity contribution is 0.0275. The van der Waals surface area contributed by atoms with Gasteiger partial charge >= 0.3 is 0 Å². The number of nitrogens with zero attached hydrogens (tertiary/aromatic N) is 3. The van der Waals surface area contributed by atoms with Crippen molar-refractivity contribution in [1.82, 2.24) is 20.3 Å². The molecule has 2 N–H and O–H groups in total. The van der Waals surface area contributed by atoms with E-state index in [-0.39, 0.29) is 5.60 Å². The van der Waals surface area contributed by atoms with E-state index in [1.54, 1.807) is 17.1 Å². The molecule has 1 saturated heterocycles. The Labute approximate surface area is 132 Å². The molecule has 0 bridgehead atoms. The molecule has 124 valence electrons. The third-order valence-corrected chi connectivity index (χ3v) is 5.13. The molecule has 2 aliphatic rings. The molecule has 2 heterocycles. The van der Waals surface area contributed by atoms with Crippen LogP contribution >= 0.6 is 0 Å². The van der Waals surface area contributed by atoms with Crippen molar-refractivity contribution in [3.63, 3.8) is 0 Å².